The Morgan fingerprint density at radius 1 is 1.42 bits per heavy atom. The lowest BCUT2D eigenvalue weighted by molar-refractivity contribution is 0.102. The van der Waals surface area contributed by atoms with Crippen molar-refractivity contribution in [3.8, 4) is 5.75 Å². The van der Waals surface area contributed by atoms with E-state index >= 15 is 0 Å². The molecule has 2 N–H and O–H groups in total. The molecule has 2 rings (SSSR count). The summed E-state index contributed by atoms with van der Waals surface area (Å²) < 4.78 is 5.05. The zero-order valence-corrected chi connectivity index (χ0v) is 10.6. The molecule has 0 saturated heterocycles. The highest BCUT2D eigenvalue weighted by atomic mass is 16.5. The minimum atomic E-state index is -0.512. The highest BCUT2D eigenvalue weighted by Crippen LogP contribution is 2.16. The summed E-state index contributed by atoms with van der Waals surface area (Å²) in [6.45, 7) is 1.64. The van der Waals surface area contributed by atoms with Gasteiger partial charge in [-0.1, -0.05) is 6.07 Å². The number of carbonyl (C=O) groups excluding carboxylic acids is 1. The first-order valence-corrected chi connectivity index (χ1v) is 5.61. The molecular formula is C13H13N3O3. The summed E-state index contributed by atoms with van der Waals surface area (Å²) in [5, 5.41) is 2.61. The van der Waals surface area contributed by atoms with Gasteiger partial charge in [0.25, 0.3) is 11.5 Å². The van der Waals surface area contributed by atoms with Crippen LogP contribution in [0.25, 0.3) is 0 Å². The van der Waals surface area contributed by atoms with Crippen molar-refractivity contribution in [2.45, 2.75) is 6.92 Å². The lowest BCUT2D eigenvalue weighted by atomic mass is 10.2. The molecule has 6 nitrogen and oxygen atoms in total. The zero-order valence-electron chi connectivity index (χ0n) is 10.6. The van der Waals surface area contributed by atoms with Gasteiger partial charge in [0.1, 0.15) is 17.1 Å². The molecule has 1 heterocycles. The van der Waals surface area contributed by atoms with Crippen LogP contribution in [0.1, 0.15) is 16.2 Å². The third-order valence-electron chi connectivity index (χ3n) is 2.50. The molecule has 2 aromatic rings. The number of carbonyl (C=O) groups is 1. The molecule has 1 aromatic carbocycles. The molecular weight excluding hydrogens is 246 g/mol. The maximum absolute atomic E-state index is 11.9. The summed E-state index contributed by atoms with van der Waals surface area (Å²) in [5.41, 5.74) is 0.0469. The van der Waals surface area contributed by atoms with Crippen LogP contribution in [0, 0.1) is 6.92 Å². The standard InChI is InChI=1S/C13H13N3O3/c1-8-14-7-11(12(17)15-8)13(18)16-9-4-3-5-10(6-9)19-2/h3-7H,1-2H3,(H,16,18)(H,14,15,17). The molecule has 0 bridgehead atoms. The molecule has 98 valence electrons. The average Bonchev–Trinajstić information content (AvgIpc) is 2.38. The molecule has 0 saturated carbocycles. The van der Waals surface area contributed by atoms with Crippen LogP contribution in [0.4, 0.5) is 5.69 Å². The molecule has 0 unspecified atom stereocenters. The first-order valence-electron chi connectivity index (χ1n) is 5.61. The fourth-order valence-electron chi connectivity index (χ4n) is 1.54. The van der Waals surface area contributed by atoms with Gasteiger partial charge < -0.3 is 15.0 Å². The van der Waals surface area contributed by atoms with Crippen LogP contribution in [-0.2, 0) is 0 Å². The van der Waals surface area contributed by atoms with Crippen LogP contribution in [0.5, 0.6) is 5.75 Å². The Balaban J connectivity index is 2.23. The van der Waals surface area contributed by atoms with Gasteiger partial charge in [-0.05, 0) is 19.1 Å². The number of ether oxygens (including phenoxy) is 1. The SMILES string of the molecule is COc1cccc(NC(=O)c2cnc(C)[nH]c2=O)c1. The Kier molecular flexibility index (Phi) is 3.61. The highest BCUT2D eigenvalue weighted by molar-refractivity contribution is 6.03. The first-order chi connectivity index (χ1) is 9.10. The third-order valence-corrected chi connectivity index (χ3v) is 2.50. The predicted octanol–water partition coefficient (Wildman–Crippen LogP) is 1.34. The minimum Gasteiger partial charge on any atom is -0.497 e. The van der Waals surface area contributed by atoms with Gasteiger partial charge in [0, 0.05) is 18.0 Å². The Bertz CT molecular complexity index is 664. The Morgan fingerprint density at radius 3 is 2.89 bits per heavy atom. The van der Waals surface area contributed by atoms with E-state index in [2.05, 4.69) is 15.3 Å². The molecule has 6 heteroatoms. The number of H-pyrrole nitrogens is 1. The second-order valence-corrected chi connectivity index (χ2v) is 3.90. The fourth-order valence-corrected chi connectivity index (χ4v) is 1.54. The van der Waals surface area contributed by atoms with Crippen LogP contribution < -0.4 is 15.6 Å². The van der Waals surface area contributed by atoms with Crippen molar-refractivity contribution >= 4 is 11.6 Å². The van der Waals surface area contributed by atoms with Crippen LogP contribution >= 0.6 is 0 Å². The number of aromatic amines is 1. The van der Waals surface area contributed by atoms with Crippen LogP contribution in [0.3, 0.4) is 0 Å². The lowest BCUT2D eigenvalue weighted by Gasteiger charge is -2.06. The van der Waals surface area contributed by atoms with E-state index in [1.54, 1.807) is 31.2 Å². The van der Waals surface area contributed by atoms with Gasteiger partial charge in [-0.2, -0.15) is 0 Å². The first kappa shape index (κ1) is 12.8. The summed E-state index contributed by atoms with van der Waals surface area (Å²) >= 11 is 0. The number of hydrogen-bond acceptors (Lipinski definition) is 4. The van der Waals surface area contributed by atoms with Gasteiger partial charge in [-0.3, -0.25) is 9.59 Å². The molecule has 19 heavy (non-hydrogen) atoms. The third kappa shape index (κ3) is 2.98. The molecule has 0 atom stereocenters. The number of hydrogen-bond donors (Lipinski definition) is 2. The van der Waals surface area contributed by atoms with Gasteiger partial charge in [-0.25, -0.2) is 4.98 Å². The van der Waals surface area contributed by atoms with Crippen LogP contribution in [0.15, 0.2) is 35.3 Å². The smallest absolute Gasteiger partial charge is 0.263 e. The van der Waals surface area contributed by atoms with Gasteiger partial charge in [0.05, 0.1) is 7.11 Å². The van der Waals surface area contributed by atoms with Crippen molar-refractivity contribution < 1.29 is 9.53 Å². The second-order valence-electron chi connectivity index (χ2n) is 3.90. The molecule has 0 fully saturated rings. The van der Waals surface area contributed by atoms with E-state index in [9.17, 15) is 9.59 Å². The maximum atomic E-state index is 11.9. The van der Waals surface area contributed by atoms with Crippen LogP contribution in [-0.4, -0.2) is 23.0 Å². The van der Waals surface area contributed by atoms with Gasteiger partial charge in [0.2, 0.25) is 0 Å². The molecule has 1 aromatic heterocycles. The van der Waals surface area contributed by atoms with E-state index in [0.717, 1.165) is 0 Å². The van der Waals surface area contributed by atoms with E-state index in [1.165, 1.54) is 13.3 Å². The molecule has 0 spiro atoms. The van der Waals surface area contributed by atoms with E-state index in [0.29, 0.717) is 17.3 Å². The number of amides is 1. The number of nitrogens with zero attached hydrogens (tertiary/aromatic N) is 1. The summed E-state index contributed by atoms with van der Waals surface area (Å²) in [5.74, 6) is 0.568. The Labute approximate surface area is 109 Å². The Morgan fingerprint density at radius 2 is 2.21 bits per heavy atom. The number of nitrogens with one attached hydrogen (secondary N) is 2. The summed E-state index contributed by atoms with van der Waals surface area (Å²) in [7, 11) is 1.54. The minimum absolute atomic E-state index is 0.0339. The fraction of sp³-hybridized carbons (Fsp3) is 0.154. The topological polar surface area (TPSA) is 84.1 Å². The largest absolute Gasteiger partial charge is 0.497 e. The van der Waals surface area contributed by atoms with Gasteiger partial charge in [-0.15, -0.1) is 0 Å². The van der Waals surface area contributed by atoms with Crippen molar-refractivity contribution in [3.63, 3.8) is 0 Å². The van der Waals surface area contributed by atoms with Crippen molar-refractivity contribution in [1.29, 1.82) is 0 Å². The number of rotatable bonds is 3. The number of methoxy groups -OCH3 is 1. The molecule has 0 aliphatic rings. The summed E-state index contributed by atoms with van der Waals surface area (Å²) in [6, 6.07) is 6.87. The molecule has 0 aliphatic heterocycles. The second kappa shape index (κ2) is 5.34. The molecule has 0 radical (unpaired) electrons. The predicted molar refractivity (Wildman–Crippen MR) is 70.5 cm³/mol. The van der Waals surface area contributed by atoms with E-state index in [4.69, 9.17) is 4.74 Å². The van der Waals surface area contributed by atoms with Gasteiger partial charge >= 0.3 is 0 Å². The zero-order chi connectivity index (χ0) is 13.8. The summed E-state index contributed by atoms with van der Waals surface area (Å²) in [4.78, 5) is 29.9. The maximum Gasteiger partial charge on any atom is 0.263 e. The van der Waals surface area contributed by atoms with Gasteiger partial charge in [0.15, 0.2) is 0 Å². The van der Waals surface area contributed by atoms with Crippen molar-refractivity contribution in [3.05, 3.63) is 52.2 Å². The highest BCUT2D eigenvalue weighted by Gasteiger charge is 2.11. The normalized spacial score (nSPS) is 10.0. The van der Waals surface area contributed by atoms with Crippen molar-refractivity contribution in [1.82, 2.24) is 9.97 Å². The monoisotopic (exact) mass is 259 g/mol. The molecule has 1 amide bonds. The van der Waals surface area contributed by atoms with E-state index in [1.807, 2.05) is 0 Å². The molecule has 0 aliphatic carbocycles. The Hall–Kier alpha value is -2.63. The van der Waals surface area contributed by atoms with Crippen molar-refractivity contribution in [2.75, 3.05) is 12.4 Å². The van der Waals surface area contributed by atoms with Crippen molar-refractivity contribution in [2.24, 2.45) is 0 Å². The number of aromatic nitrogens is 2. The average molecular weight is 259 g/mol. The lowest BCUT2D eigenvalue weighted by Crippen LogP contribution is -2.24. The number of anilines is 1. The quantitative estimate of drug-likeness (QED) is 0.871. The summed E-state index contributed by atoms with van der Waals surface area (Å²) in [6.07, 6.45) is 1.25. The van der Waals surface area contributed by atoms with Crippen LogP contribution in [0.2, 0.25) is 0 Å². The van der Waals surface area contributed by atoms with E-state index < -0.39 is 11.5 Å². The van der Waals surface area contributed by atoms with E-state index in [-0.39, 0.29) is 5.56 Å². The number of aryl methyl sites for hydroxylation is 1. The number of benzene rings is 1.